The molecule has 2 aromatic heterocycles. The van der Waals surface area contributed by atoms with E-state index in [-0.39, 0.29) is 41.6 Å². The minimum absolute atomic E-state index is 0.0196. The number of hydrogen-bond acceptors (Lipinski definition) is 6. The summed E-state index contributed by atoms with van der Waals surface area (Å²) in [5, 5.41) is 0.413. The van der Waals surface area contributed by atoms with Crippen molar-refractivity contribution in [3.8, 4) is 0 Å². The average molecular weight is 390 g/mol. The summed E-state index contributed by atoms with van der Waals surface area (Å²) < 4.78 is 25.2. The maximum absolute atomic E-state index is 13.1. The number of nitrogens with zero attached hydrogens (tertiary/aromatic N) is 4. The fourth-order valence-electron chi connectivity index (χ4n) is 4.23. The molecule has 8 nitrogen and oxygen atoms in total. The van der Waals surface area contributed by atoms with E-state index in [1.165, 1.54) is 23.3 Å². The highest BCUT2D eigenvalue weighted by Crippen LogP contribution is 2.29. The van der Waals surface area contributed by atoms with E-state index in [0.29, 0.717) is 17.3 Å². The topological polar surface area (TPSA) is 102 Å². The van der Waals surface area contributed by atoms with E-state index in [1.807, 2.05) is 0 Å². The number of sulfone groups is 1. The summed E-state index contributed by atoms with van der Waals surface area (Å²) in [7, 11) is -3.10. The first kappa shape index (κ1) is 18.1. The number of pyridine rings is 1. The van der Waals surface area contributed by atoms with Crippen LogP contribution in [-0.4, -0.2) is 57.3 Å². The van der Waals surface area contributed by atoms with Crippen LogP contribution in [0, 0.1) is 0 Å². The highest BCUT2D eigenvalue weighted by atomic mass is 32.2. The highest BCUT2D eigenvalue weighted by Gasteiger charge is 2.39. The van der Waals surface area contributed by atoms with Crippen LogP contribution < -0.4 is 5.56 Å². The number of fused-ring (bicyclic) bond motifs is 1. The smallest absolute Gasteiger partial charge is 0.261 e. The predicted molar refractivity (Wildman–Crippen MR) is 100.0 cm³/mol. The van der Waals surface area contributed by atoms with Crippen LogP contribution in [0.4, 0.5) is 0 Å². The first-order chi connectivity index (χ1) is 12.9. The Morgan fingerprint density at radius 3 is 2.70 bits per heavy atom. The van der Waals surface area contributed by atoms with Crippen molar-refractivity contribution in [1.82, 2.24) is 19.4 Å². The fraction of sp³-hybridized carbons (Fsp3) is 0.556. The predicted octanol–water partition coefficient (Wildman–Crippen LogP) is 0.750. The van der Waals surface area contributed by atoms with Gasteiger partial charge in [0.2, 0.25) is 5.91 Å². The summed E-state index contributed by atoms with van der Waals surface area (Å²) >= 11 is 0. The lowest BCUT2D eigenvalue weighted by molar-refractivity contribution is -0.136. The minimum Gasteiger partial charge on any atom is -0.334 e. The summed E-state index contributed by atoms with van der Waals surface area (Å²) in [6.07, 6.45) is 8.72. The third-order valence-corrected chi connectivity index (χ3v) is 7.29. The zero-order valence-corrected chi connectivity index (χ0v) is 15.8. The molecule has 1 atom stereocenters. The zero-order valence-electron chi connectivity index (χ0n) is 15.0. The Bertz CT molecular complexity index is 1030. The van der Waals surface area contributed by atoms with Gasteiger partial charge in [-0.15, -0.1) is 0 Å². The molecule has 1 aliphatic heterocycles. The molecule has 9 heteroatoms. The molecule has 1 saturated heterocycles. The van der Waals surface area contributed by atoms with Crippen molar-refractivity contribution in [3.05, 3.63) is 35.1 Å². The van der Waals surface area contributed by atoms with Gasteiger partial charge in [-0.2, -0.15) is 0 Å². The van der Waals surface area contributed by atoms with Crippen molar-refractivity contribution in [2.24, 2.45) is 0 Å². The third-order valence-electron chi connectivity index (χ3n) is 5.54. The number of carbonyl (C=O) groups excluding carboxylic acids is 1. The molecule has 27 heavy (non-hydrogen) atoms. The molecule has 1 aliphatic carbocycles. The molecule has 144 valence electrons. The van der Waals surface area contributed by atoms with Gasteiger partial charge in [0, 0.05) is 18.3 Å². The first-order valence-corrected chi connectivity index (χ1v) is 11.1. The Morgan fingerprint density at radius 2 is 2.00 bits per heavy atom. The standard InChI is InChI=1S/C18H22N4O4S/c23-17(10-21-12-20-16-9-19-7-5-15(16)18(21)24)22(13-3-1-2-4-13)14-6-8-27(25,26)11-14/h5,7,9,12-14H,1-4,6,8,10-11H2. The summed E-state index contributed by atoms with van der Waals surface area (Å²) in [6.45, 7) is -0.128. The maximum atomic E-state index is 13.1. The molecule has 2 aromatic rings. The monoisotopic (exact) mass is 390 g/mol. The molecule has 0 bridgehead atoms. The second-order valence-electron chi connectivity index (χ2n) is 7.37. The van der Waals surface area contributed by atoms with Crippen LogP contribution in [0.2, 0.25) is 0 Å². The van der Waals surface area contributed by atoms with Gasteiger partial charge in [-0.3, -0.25) is 19.1 Å². The molecule has 0 N–H and O–H groups in total. The van der Waals surface area contributed by atoms with Crippen molar-refractivity contribution in [3.63, 3.8) is 0 Å². The van der Waals surface area contributed by atoms with Crippen LogP contribution in [-0.2, 0) is 21.2 Å². The Morgan fingerprint density at radius 1 is 1.22 bits per heavy atom. The van der Waals surface area contributed by atoms with Gasteiger partial charge < -0.3 is 4.90 Å². The van der Waals surface area contributed by atoms with Gasteiger partial charge in [-0.1, -0.05) is 12.8 Å². The van der Waals surface area contributed by atoms with Gasteiger partial charge >= 0.3 is 0 Å². The Hall–Kier alpha value is -2.29. The second-order valence-corrected chi connectivity index (χ2v) is 9.60. The van der Waals surface area contributed by atoms with E-state index in [9.17, 15) is 18.0 Å². The largest absolute Gasteiger partial charge is 0.334 e. The normalized spacial score (nSPS) is 22.3. The van der Waals surface area contributed by atoms with Crippen molar-refractivity contribution < 1.29 is 13.2 Å². The van der Waals surface area contributed by atoms with Crippen molar-refractivity contribution in [2.45, 2.75) is 50.7 Å². The van der Waals surface area contributed by atoms with Crippen LogP contribution >= 0.6 is 0 Å². The van der Waals surface area contributed by atoms with E-state index in [0.717, 1.165) is 25.7 Å². The van der Waals surface area contributed by atoms with Crippen LogP contribution in [0.15, 0.2) is 29.6 Å². The average Bonchev–Trinajstić information content (AvgIpc) is 3.28. The summed E-state index contributed by atoms with van der Waals surface area (Å²) in [5.74, 6) is -0.0638. The highest BCUT2D eigenvalue weighted by molar-refractivity contribution is 7.91. The lowest BCUT2D eigenvalue weighted by Crippen LogP contribution is -2.49. The van der Waals surface area contributed by atoms with Crippen LogP contribution in [0.1, 0.15) is 32.1 Å². The first-order valence-electron chi connectivity index (χ1n) is 9.25. The van der Waals surface area contributed by atoms with Gasteiger partial charge in [0.1, 0.15) is 6.54 Å². The molecule has 2 fully saturated rings. The maximum Gasteiger partial charge on any atom is 0.261 e. The van der Waals surface area contributed by atoms with E-state index in [2.05, 4.69) is 9.97 Å². The number of rotatable bonds is 4. The Kier molecular flexibility index (Phi) is 4.71. The number of aromatic nitrogens is 3. The Labute approximate surface area is 157 Å². The second kappa shape index (κ2) is 7.03. The molecule has 3 heterocycles. The molecule has 0 aromatic carbocycles. The molecule has 0 radical (unpaired) electrons. The third kappa shape index (κ3) is 3.60. The summed E-state index contributed by atoms with van der Waals surface area (Å²) in [6, 6.07) is 1.35. The van der Waals surface area contributed by atoms with Crippen LogP contribution in [0.25, 0.3) is 10.9 Å². The van der Waals surface area contributed by atoms with Crippen molar-refractivity contribution in [1.29, 1.82) is 0 Å². The van der Waals surface area contributed by atoms with E-state index in [4.69, 9.17) is 0 Å². The lowest BCUT2D eigenvalue weighted by Gasteiger charge is -2.34. The van der Waals surface area contributed by atoms with Crippen LogP contribution in [0.5, 0.6) is 0 Å². The summed E-state index contributed by atoms with van der Waals surface area (Å²) in [4.78, 5) is 35.7. The van der Waals surface area contributed by atoms with E-state index >= 15 is 0 Å². The molecular weight excluding hydrogens is 368 g/mol. The van der Waals surface area contributed by atoms with Gasteiger partial charge in [0.15, 0.2) is 9.84 Å². The van der Waals surface area contributed by atoms with Gasteiger partial charge in [-0.25, -0.2) is 13.4 Å². The molecule has 0 spiro atoms. The Balaban J connectivity index is 1.62. The molecule has 1 amide bonds. The van der Waals surface area contributed by atoms with E-state index < -0.39 is 9.84 Å². The van der Waals surface area contributed by atoms with Gasteiger partial charge in [-0.05, 0) is 25.3 Å². The molecular formula is C18H22N4O4S. The quantitative estimate of drug-likeness (QED) is 0.763. The van der Waals surface area contributed by atoms with Crippen molar-refractivity contribution >= 4 is 26.6 Å². The van der Waals surface area contributed by atoms with Crippen LogP contribution in [0.3, 0.4) is 0 Å². The van der Waals surface area contributed by atoms with Gasteiger partial charge in [0.25, 0.3) is 5.56 Å². The number of amides is 1. The zero-order chi connectivity index (χ0) is 19.0. The molecule has 1 unspecified atom stereocenters. The molecule has 4 rings (SSSR count). The van der Waals surface area contributed by atoms with Crippen molar-refractivity contribution in [2.75, 3.05) is 11.5 Å². The summed E-state index contributed by atoms with van der Waals surface area (Å²) in [5.41, 5.74) is 0.196. The van der Waals surface area contributed by atoms with E-state index in [1.54, 1.807) is 11.0 Å². The lowest BCUT2D eigenvalue weighted by atomic mass is 10.1. The molecule has 2 aliphatic rings. The minimum atomic E-state index is -3.10. The number of hydrogen-bond donors (Lipinski definition) is 0. The number of carbonyl (C=O) groups is 1. The fourth-order valence-corrected chi connectivity index (χ4v) is 5.94. The van der Waals surface area contributed by atoms with Gasteiger partial charge in [0.05, 0.1) is 34.9 Å². The SMILES string of the molecule is O=C(Cn1cnc2cnccc2c1=O)N(C1CCCC1)C1CCS(=O)(=O)C1. The molecule has 1 saturated carbocycles.